The van der Waals surface area contributed by atoms with E-state index in [1.807, 2.05) is 0 Å². The molecule has 0 radical (unpaired) electrons. The van der Waals surface area contributed by atoms with Gasteiger partial charge in [-0.3, -0.25) is 9.78 Å². The number of anilines is 1. The van der Waals surface area contributed by atoms with Crippen LogP contribution in [-0.4, -0.2) is 26.0 Å². The third-order valence-corrected chi connectivity index (χ3v) is 1.80. The van der Waals surface area contributed by atoms with Crippen LogP contribution in [0.2, 0.25) is 0 Å². The van der Waals surface area contributed by atoms with Crippen LogP contribution in [0.1, 0.15) is 10.4 Å². The zero-order chi connectivity index (χ0) is 11.4. The lowest BCUT2D eigenvalue weighted by molar-refractivity contribution is 0.102. The minimum Gasteiger partial charge on any atom is -0.506 e. The Hall–Kier alpha value is -2.50. The van der Waals surface area contributed by atoms with Gasteiger partial charge in [0.25, 0.3) is 5.91 Å². The van der Waals surface area contributed by atoms with Gasteiger partial charge in [0.1, 0.15) is 12.1 Å². The molecular formula is C10H8N4O2. The summed E-state index contributed by atoms with van der Waals surface area (Å²) in [5, 5.41) is 11.7. The van der Waals surface area contributed by atoms with E-state index in [1.165, 1.54) is 37.2 Å². The van der Waals surface area contributed by atoms with Crippen molar-refractivity contribution in [3.05, 3.63) is 42.7 Å². The number of carbonyl (C=O) groups is 1. The first-order chi connectivity index (χ1) is 7.75. The van der Waals surface area contributed by atoms with Crippen molar-refractivity contribution in [2.75, 3.05) is 5.32 Å². The Labute approximate surface area is 91.0 Å². The minimum atomic E-state index is -0.377. The Morgan fingerprint density at radius 1 is 1.12 bits per heavy atom. The van der Waals surface area contributed by atoms with Crippen molar-refractivity contribution in [2.45, 2.75) is 0 Å². The highest BCUT2D eigenvalue weighted by atomic mass is 16.3. The van der Waals surface area contributed by atoms with Crippen molar-refractivity contribution >= 4 is 11.6 Å². The van der Waals surface area contributed by atoms with Crippen molar-refractivity contribution < 1.29 is 9.90 Å². The summed E-state index contributed by atoms with van der Waals surface area (Å²) >= 11 is 0. The Kier molecular flexibility index (Phi) is 2.73. The summed E-state index contributed by atoms with van der Waals surface area (Å²) in [5.41, 5.74) is 0.750. The summed E-state index contributed by atoms with van der Waals surface area (Å²) in [5.74, 6) is -0.435. The van der Waals surface area contributed by atoms with E-state index in [-0.39, 0.29) is 17.2 Å². The third kappa shape index (κ3) is 2.30. The average molecular weight is 216 g/mol. The average Bonchev–Trinajstić information content (AvgIpc) is 2.30. The van der Waals surface area contributed by atoms with Crippen molar-refractivity contribution in [1.29, 1.82) is 0 Å². The van der Waals surface area contributed by atoms with Gasteiger partial charge in [0.2, 0.25) is 0 Å². The van der Waals surface area contributed by atoms with Crippen LogP contribution in [0.25, 0.3) is 0 Å². The van der Waals surface area contributed by atoms with Gasteiger partial charge in [0.15, 0.2) is 0 Å². The Morgan fingerprint density at radius 3 is 2.56 bits per heavy atom. The predicted octanol–water partition coefficient (Wildman–Crippen LogP) is 0.829. The van der Waals surface area contributed by atoms with E-state index in [9.17, 15) is 4.79 Å². The predicted molar refractivity (Wildman–Crippen MR) is 55.9 cm³/mol. The number of pyridine rings is 1. The van der Waals surface area contributed by atoms with E-state index < -0.39 is 0 Å². The molecule has 80 valence electrons. The van der Waals surface area contributed by atoms with Crippen LogP contribution in [-0.2, 0) is 0 Å². The van der Waals surface area contributed by atoms with Crippen LogP contribution >= 0.6 is 0 Å². The van der Waals surface area contributed by atoms with E-state index in [1.54, 1.807) is 0 Å². The molecule has 0 saturated heterocycles. The fourth-order valence-electron chi connectivity index (χ4n) is 1.12. The van der Waals surface area contributed by atoms with E-state index in [4.69, 9.17) is 5.11 Å². The molecule has 0 atom stereocenters. The van der Waals surface area contributed by atoms with Crippen LogP contribution in [0.5, 0.6) is 5.75 Å². The van der Waals surface area contributed by atoms with Crippen LogP contribution in [0.15, 0.2) is 37.2 Å². The van der Waals surface area contributed by atoms with Crippen LogP contribution < -0.4 is 5.32 Å². The third-order valence-electron chi connectivity index (χ3n) is 1.80. The van der Waals surface area contributed by atoms with E-state index >= 15 is 0 Å². The van der Waals surface area contributed by atoms with Gasteiger partial charge in [-0.15, -0.1) is 0 Å². The van der Waals surface area contributed by atoms with Crippen molar-refractivity contribution in [2.24, 2.45) is 0 Å². The molecule has 0 unspecified atom stereocenters. The lowest BCUT2D eigenvalue weighted by Crippen LogP contribution is -2.12. The monoisotopic (exact) mass is 216 g/mol. The molecule has 0 aromatic carbocycles. The number of nitrogens with zero attached hydrogens (tertiary/aromatic N) is 3. The second-order valence-electron chi connectivity index (χ2n) is 3.01. The summed E-state index contributed by atoms with van der Waals surface area (Å²) in [6.45, 7) is 0. The van der Waals surface area contributed by atoms with Gasteiger partial charge in [-0.1, -0.05) is 0 Å². The van der Waals surface area contributed by atoms with E-state index in [0.717, 1.165) is 0 Å². The van der Waals surface area contributed by atoms with Crippen LogP contribution in [0, 0.1) is 0 Å². The summed E-state index contributed by atoms with van der Waals surface area (Å²) in [4.78, 5) is 22.9. The molecule has 0 aliphatic carbocycles. The SMILES string of the molecule is O=C(Nc1cncnc1)c1cncc(O)c1. The summed E-state index contributed by atoms with van der Waals surface area (Å²) in [7, 11) is 0. The quantitative estimate of drug-likeness (QED) is 0.776. The Balaban J connectivity index is 2.15. The first kappa shape index (κ1) is 10.0. The smallest absolute Gasteiger partial charge is 0.257 e. The minimum absolute atomic E-state index is 0.0584. The number of hydrogen-bond acceptors (Lipinski definition) is 5. The maximum atomic E-state index is 11.6. The standard InChI is InChI=1S/C10H8N4O2/c15-9-1-7(2-11-5-9)10(16)14-8-3-12-6-13-4-8/h1-6,15H,(H,14,16). The molecule has 2 N–H and O–H groups in total. The fourth-order valence-corrected chi connectivity index (χ4v) is 1.12. The second kappa shape index (κ2) is 4.35. The van der Waals surface area contributed by atoms with Gasteiger partial charge in [0, 0.05) is 6.20 Å². The zero-order valence-corrected chi connectivity index (χ0v) is 8.16. The van der Waals surface area contributed by atoms with Gasteiger partial charge in [-0.05, 0) is 6.07 Å². The van der Waals surface area contributed by atoms with Gasteiger partial charge in [-0.25, -0.2) is 9.97 Å². The maximum Gasteiger partial charge on any atom is 0.257 e. The molecule has 0 spiro atoms. The molecule has 2 aromatic rings. The number of nitrogens with one attached hydrogen (secondary N) is 1. The van der Waals surface area contributed by atoms with Gasteiger partial charge >= 0.3 is 0 Å². The second-order valence-corrected chi connectivity index (χ2v) is 3.01. The van der Waals surface area contributed by atoms with Crippen LogP contribution in [0.3, 0.4) is 0 Å². The summed E-state index contributed by atoms with van der Waals surface area (Å²) in [6, 6.07) is 1.33. The number of aromatic hydroxyl groups is 1. The molecule has 1 amide bonds. The molecule has 2 aromatic heterocycles. The summed E-state index contributed by atoms with van der Waals surface area (Å²) < 4.78 is 0. The number of carbonyl (C=O) groups excluding carboxylic acids is 1. The van der Waals surface area contributed by atoms with Crippen molar-refractivity contribution in [3.8, 4) is 5.75 Å². The molecule has 0 aliphatic rings. The number of rotatable bonds is 2. The molecule has 16 heavy (non-hydrogen) atoms. The Bertz CT molecular complexity index is 501. The normalized spacial score (nSPS) is 9.75. The van der Waals surface area contributed by atoms with Crippen molar-refractivity contribution in [1.82, 2.24) is 15.0 Å². The molecular weight excluding hydrogens is 208 g/mol. The first-order valence-corrected chi connectivity index (χ1v) is 4.46. The van der Waals surface area contributed by atoms with Crippen LogP contribution in [0.4, 0.5) is 5.69 Å². The molecule has 0 fully saturated rings. The van der Waals surface area contributed by atoms with Gasteiger partial charge in [0.05, 0.1) is 29.8 Å². The molecule has 0 aliphatic heterocycles. The summed E-state index contributed by atoms with van der Waals surface area (Å²) in [6.07, 6.45) is 6.93. The topological polar surface area (TPSA) is 88.0 Å². The van der Waals surface area contributed by atoms with E-state index in [0.29, 0.717) is 5.69 Å². The molecule has 2 rings (SSSR count). The molecule has 0 bridgehead atoms. The van der Waals surface area contributed by atoms with Gasteiger partial charge < -0.3 is 10.4 Å². The number of aromatic nitrogens is 3. The first-order valence-electron chi connectivity index (χ1n) is 4.46. The number of amides is 1. The van der Waals surface area contributed by atoms with E-state index in [2.05, 4.69) is 20.3 Å². The highest BCUT2D eigenvalue weighted by molar-refractivity contribution is 6.04. The fraction of sp³-hybridized carbons (Fsp3) is 0. The van der Waals surface area contributed by atoms with Crippen molar-refractivity contribution in [3.63, 3.8) is 0 Å². The maximum absolute atomic E-state index is 11.6. The lowest BCUT2D eigenvalue weighted by atomic mass is 10.2. The largest absolute Gasteiger partial charge is 0.506 e. The Morgan fingerprint density at radius 2 is 1.88 bits per heavy atom. The highest BCUT2D eigenvalue weighted by Crippen LogP contribution is 2.10. The molecule has 6 nitrogen and oxygen atoms in total. The number of hydrogen-bond donors (Lipinski definition) is 2. The van der Waals surface area contributed by atoms with Gasteiger partial charge in [-0.2, -0.15) is 0 Å². The molecule has 6 heteroatoms. The molecule has 0 saturated carbocycles. The highest BCUT2D eigenvalue weighted by Gasteiger charge is 2.07. The zero-order valence-electron chi connectivity index (χ0n) is 8.16. The lowest BCUT2D eigenvalue weighted by Gasteiger charge is -2.03. The molecule has 2 heterocycles.